The van der Waals surface area contributed by atoms with E-state index in [1.165, 1.54) is 12.0 Å². The predicted octanol–water partition coefficient (Wildman–Crippen LogP) is 2.99. The standard InChI is InChI=1S/C20H31N5O/c1-14(2)11-25-8-7-16(12-25)10-21-20(26)24(4)13-19-22-17-6-5-15(3)9-18(17)23-19/h5-6,9,14,16H,7-8,10-13H2,1-4H3,(H,21,26)(H,22,23). The second-order valence-corrected chi connectivity index (χ2v) is 8.05. The molecule has 1 aliphatic rings. The van der Waals surface area contributed by atoms with Crippen molar-refractivity contribution < 1.29 is 4.79 Å². The quantitative estimate of drug-likeness (QED) is 0.835. The van der Waals surface area contributed by atoms with Crippen LogP contribution in [-0.4, -0.2) is 59.0 Å². The molecule has 2 N–H and O–H groups in total. The van der Waals surface area contributed by atoms with Gasteiger partial charge in [-0.05, 0) is 49.4 Å². The summed E-state index contributed by atoms with van der Waals surface area (Å²) in [7, 11) is 1.81. The van der Waals surface area contributed by atoms with Gasteiger partial charge in [-0.25, -0.2) is 9.78 Å². The van der Waals surface area contributed by atoms with E-state index in [0.717, 1.165) is 43.0 Å². The Labute approximate surface area is 156 Å². The van der Waals surface area contributed by atoms with Crippen LogP contribution in [0.4, 0.5) is 4.79 Å². The van der Waals surface area contributed by atoms with Gasteiger partial charge in [-0.15, -0.1) is 0 Å². The number of imidazole rings is 1. The van der Waals surface area contributed by atoms with Crippen molar-refractivity contribution in [1.29, 1.82) is 0 Å². The van der Waals surface area contributed by atoms with Crippen LogP contribution in [-0.2, 0) is 6.54 Å². The molecule has 3 rings (SSSR count). The predicted molar refractivity (Wildman–Crippen MR) is 105 cm³/mol. The van der Waals surface area contributed by atoms with E-state index in [1.807, 2.05) is 19.2 Å². The fraction of sp³-hybridized carbons (Fsp3) is 0.600. The van der Waals surface area contributed by atoms with Crippen molar-refractivity contribution in [3.63, 3.8) is 0 Å². The lowest BCUT2D eigenvalue weighted by atomic mass is 10.1. The van der Waals surface area contributed by atoms with Crippen molar-refractivity contribution in [2.45, 2.75) is 33.7 Å². The minimum Gasteiger partial charge on any atom is -0.340 e. The molecule has 1 aromatic heterocycles. The summed E-state index contributed by atoms with van der Waals surface area (Å²) in [5.74, 6) is 2.06. The summed E-state index contributed by atoms with van der Waals surface area (Å²) in [6.07, 6.45) is 1.17. The number of urea groups is 1. The monoisotopic (exact) mass is 357 g/mol. The van der Waals surface area contributed by atoms with E-state index in [1.54, 1.807) is 4.90 Å². The Morgan fingerprint density at radius 3 is 3.04 bits per heavy atom. The number of fused-ring (bicyclic) bond motifs is 1. The van der Waals surface area contributed by atoms with Crippen LogP contribution in [0.3, 0.4) is 0 Å². The van der Waals surface area contributed by atoms with Crippen LogP contribution in [0.5, 0.6) is 0 Å². The second-order valence-electron chi connectivity index (χ2n) is 8.05. The highest BCUT2D eigenvalue weighted by atomic mass is 16.2. The van der Waals surface area contributed by atoms with Crippen LogP contribution in [0, 0.1) is 18.8 Å². The number of nitrogens with one attached hydrogen (secondary N) is 2. The summed E-state index contributed by atoms with van der Waals surface area (Å²) < 4.78 is 0. The summed E-state index contributed by atoms with van der Waals surface area (Å²) in [4.78, 5) is 24.5. The maximum absolute atomic E-state index is 12.4. The van der Waals surface area contributed by atoms with E-state index in [2.05, 4.69) is 47.0 Å². The molecule has 1 fully saturated rings. The van der Waals surface area contributed by atoms with Crippen LogP contribution in [0.15, 0.2) is 18.2 Å². The minimum atomic E-state index is -0.0380. The smallest absolute Gasteiger partial charge is 0.317 e. The number of likely N-dealkylation sites (tertiary alicyclic amines) is 1. The lowest BCUT2D eigenvalue weighted by Gasteiger charge is -2.20. The van der Waals surface area contributed by atoms with Gasteiger partial charge in [0.05, 0.1) is 17.6 Å². The van der Waals surface area contributed by atoms with Crippen LogP contribution in [0.25, 0.3) is 11.0 Å². The number of aromatic nitrogens is 2. The molecule has 0 aliphatic carbocycles. The number of aryl methyl sites for hydroxylation is 1. The topological polar surface area (TPSA) is 64.3 Å². The third-order valence-corrected chi connectivity index (χ3v) is 4.96. The molecule has 0 spiro atoms. The molecule has 26 heavy (non-hydrogen) atoms. The number of amides is 2. The van der Waals surface area contributed by atoms with Crippen LogP contribution < -0.4 is 5.32 Å². The Morgan fingerprint density at radius 1 is 1.46 bits per heavy atom. The zero-order valence-electron chi connectivity index (χ0n) is 16.4. The summed E-state index contributed by atoms with van der Waals surface area (Å²) in [5.41, 5.74) is 3.16. The molecule has 1 aromatic carbocycles. The van der Waals surface area contributed by atoms with Crippen molar-refractivity contribution in [2.24, 2.45) is 11.8 Å². The molecule has 2 heterocycles. The molecule has 142 valence electrons. The van der Waals surface area contributed by atoms with E-state index >= 15 is 0 Å². The van der Waals surface area contributed by atoms with Crippen molar-refractivity contribution >= 4 is 17.1 Å². The van der Waals surface area contributed by atoms with Gasteiger partial charge in [0.15, 0.2) is 0 Å². The number of aromatic amines is 1. The average molecular weight is 358 g/mol. The number of hydrogen-bond donors (Lipinski definition) is 2. The van der Waals surface area contributed by atoms with Gasteiger partial charge >= 0.3 is 6.03 Å². The maximum atomic E-state index is 12.4. The van der Waals surface area contributed by atoms with Crippen molar-refractivity contribution in [2.75, 3.05) is 33.2 Å². The summed E-state index contributed by atoms with van der Waals surface area (Å²) in [6.45, 7) is 11.2. The first-order valence-electron chi connectivity index (χ1n) is 9.57. The molecule has 1 unspecified atom stereocenters. The van der Waals surface area contributed by atoms with Crippen molar-refractivity contribution in [3.8, 4) is 0 Å². The Kier molecular flexibility index (Phi) is 5.81. The Hall–Kier alpha value is -2.08. The van der Waals surface area contributed by atoms with Gasteiger partial charge in [0.2, 0.25) is 0 Å². The molecular formula is C20H31N5O. The summed E-state index contributed by atoms with van der Waals surface area (Å²) in [6, 6.07) is 6.10. The molecule has 0 saturated carbocycles. The number of nitrogens with zero attached hydrogens (tertiary/aromatic N) is 3. The van der Waals surface area contributed by atoms with Gasteiger partial charge in [-0.3, -0.25) is 0 Å². The number of H-pyrrole nitrogens is 1. The first kappa shape index (κ1) is 18.7. The molecule has 6 heteroatoms. The lowest BCUT2D eigenvalue weighted by molar-refractivity contribution is 0.203. The number of hydrogen-bond acceptors (Lipinski definition) is 3. The summed E-state index contributed by atoms with van der Waals surface area (Å²) >= 11 is 0. The minimum absolute atomic E-state index is 0.0380. The van der Waals surface area contributed by atoms with Crippen LogP contribution >= 0.6 is 0 Å². The highest BCUT2D eigenvalue weighted by Gasteiger charge is 2.23. The Morgan fingerprint density at radius 2 is 2.27 bits per heavy atom. The lowest BCUT2D eigenvalue weighted by Crippen LogP contribution is -2.40. The van der Waals surface area contributed by atoms with Gasteiger partial charge in [-0.1, -0.05) is 19.9 Å². The molecule has 0 bridgehead atoms. The van der Waals surface area contributed by atoms with Crippen molar-refractivity contribution in [3.05, 3.63) is 29.6 Å². The van der Waals surface area contributed by atoms with Gasteiger partial charge in [0, 0.05) is 26.7 Å². The van der Waals surface area contributed by atoms with Crippen LogP contribution in [0.1, 0.15) is 31.7 Å². The maximum Gasteiger partial charge on any atom is 0.317 e. The first-order chi connectivity index (χ1) is 12.4. The Bertz CT molecular complexity index is 754. The molecule has 6 nitrogen and oxygen atoms in total. The van der Waals surface area contributed by atoms with Gasteiger partial charge in [0.25, 0.3) is 0 Å². The van der Waals surface area contributed by atoms with Gasteiger partial charge in [-0.2, -0.15) is 0 Å². The highest BCUT2D eigenvalue weighted by Crippen LogP contribution is 2.17. The van der Waals surface area contributed by atoms with E-state index < -0.39 is 0 Å². The zero-order chi connectivity index (χ0) is 18.7. The number of carbonyl (C=O) groups is 1. The molecule has 1 aliphatic heterocycles. The van der Waals surface area contributed by atoms with Crippen molar-refractivity contribution in [1.82, 2.24) is 25.1 Å². The molecule has 0 radical (unpaired) electrons. The second kappa shape index (κ2) is 8.08. The van der Waals surface area contributed by atoms with Gasteiger partial charge < -0.3 is 20.1 Å². The number of benzene rings is 1. The molecular weight excluding hydrogens is 326 g/mol. The molecule has 1 atom stereocenters. The largest absolute Gasteiger partial charge is 0.340 e. The van der Waals surface area contributed by atoms with E-state index in [9.17, 15) is 4.79 Å². The normalized spacial score (nSPS) is 18.0. The Balaban J connectivity index is 1.47. The molecule has 1 saturated heterocycles. The number of carbonyl (C=O) groups excluding carboxylic acids is 1. The molecule has 2 aromatic rings. The SMILES string of the molecule is Cc1ccc2nc(CN(C)C(=O)NCC3CCN(CC(C)C)C3)[nH]c2c1. The third-order valence-electron chi connectivity index (χ3n) is 4.96. The highest BCUT2D eigenvalue weighted by molar-refractivity contribution is 5.76. The van der Waals surface area contributed by atoms with E-state index in [4.69, 9.17) is 0 Å². The zero-order valence-corrected chi connectivity index (χ0v) is 16.4. The van der Waals surface area contributed by atoms with E-state index in [0.29, 0.717) is 18.4 Å². The average Bonchev–Trinajstić information content (AvgIpc) is 3.17. The fourth-order valence-corrected chi connectivity index (χ4v) is 3.68. The third kappa shape index (κ3) is 4.75. The molecule has 2 amide bonds. The fourth-order valence-electron chi connectivity index (χ4n) is 3.68. The van der Waals surface area contributed by atoms with Crippen LogP contribution in [0.2, 0.25) is 0 Å². The van der Waals surface area contributed by atoms with Gasteiger partial charge in [0.1, 0.15) is 5.82 Å². The van der Waals surface area contributed by atoms with E-state index in [-0.39, 0.29) is 6.03 Å². The summed E-state index contributed by atoms with van der Waals surface area (Å²) in [5, 5.41) is 3.08. The number of rotatable bonds is 6. The first-order valence-corrected chi connectivity index (χ1v) is 9.57.